The van der Waals surface area contributed by atoms with Crippen LogP contribution in [0.2, 0.25) is 0 Å². The minimum atomic E-state index is -0.0822. The van der Waals surface area contributed by atoms with Crippen LogP contribution in [0.15, 0.2) is 54.6 Å². The molecule has 2 rings (SSSR count). The van der Waals surface area contributed by atoms with Gasteiger partial charge in [0, 0.05) is 5.75 Å². The smallest absolute Gasteiger partial charge is 0.232 e. The van der Waals surface area contributed by atoms with E-state index in [4.69, 9.17) is 4.74 Å². The second-order valence-corrected chi connectivity index (χ2v) is 8.68. The van der Waals surface area contributed by atoms with E-state index in [1.54, 1.807) is 11.8 Å². The van der Waals surface area contributed by atoms with Gasteiger partial charge in [-0.25, -0.2) is 0 Å². The summed E-state index contributed by atoms with van der Waals surface area (Å²) in [6.07, 6.45) is 0. The van der Waals surface area contributed by atoms with Crippen molar-refractivity contribution >= 4 is 17.7 Å². The van der Waals surface area contributed by atoms with Gasteiger partial charge in [0.05, 0.1) is 11.8 Å². The van der Waals surface area contributed by atoms with Gasteiger partial charge in [-0.1, -0.05) is 63.2 Å². The fourth-order valence-corrected chi connectivity index (χ4v) is 3.28. The number of amides is 1. The Bertz CT molecular complexity index is 678. The third kappa shape index (κ3) is 6.75. The molecule has 4 heteroatoms. The van der Waals surface area contributed by atoms with Gasteiger partial charge in [-0.3, -0.25) is 4.79 Å². The Morgan fingerprint density at radius 3 is 2.35 bits per heavy atom. The van der Waals surface area contributed by atoms with Crippen LogP contribution >= 0.6 is 11.8 Å². The summed E-state index contributed by atoms with van der Waals surface area (Å²) in [6, 6.07) is 18.4. The zero-order valence-corrected chi connectivity index (χ0v) is 16.9. The molecule has 0 spiro atoms. The zero-order valence-electron chi connectivity index (χ0n) is 16.1. The minimum absolute atomic E-state index is 0.0533. The highest BCUT2D eigenvalue weighted by Gasteiger charge is 2.14. The van der Waals surface area contributed by atoms with Crippen molar-refractivity contribution in [3.63, 3.8) is 0 Å². The van der Waals surface area contributed by atoms with E-state index >= 15 is 0 Å². The lowest BCUT2D eigenvalue weighted by atomic mass is 9.87. The molecule has 0 aliphatic heterocycles. The van der Waals surface area contributed by atoms with Gasteiger partial charge < -0.3 is 10.1 Å². The highest BCUT2D eigenvalue weighted by molar-refractivity contribution is 7.99. The molecule has 0 saturated carbocycles. The summed E-state index contributed by atoms with van der Waals surface area (Å²) in [7, 11) is 0. The van der Waals surface area contributed by atoms with E-state index in [0.29, 0.717) is 13.2 Å². The standard InChI is InChI=1S/C22H29NO2S/c1-17(26-16-18-8-6-5-7-9-18)21(24)23-14-15-25-20-12-10-19(11-13-20)22(2,3)4/h5-13,17H,14-16H2,1-4H3,(H,23,24)/t17-/m1/s1. The predicted octanol–water partition coefficient (Wildman–Crippen LogP) is 4.80. The van der Waals surface area contributed by atoms with E-state index in [1.807, 2.05) is 37.3 Å². The van der Waals surface area contributed by atoms with Gasteiger partial charge >= 0.3 is 0 Å². The second-order valence-electron chi connectivity index (χ2n) is 7.35. The average Bonchev–Trinajstić information content (AvgIpc) is 2.63. The number of carbonyl (C=O) groups excluding carboxylic acids is 1. The maximum Gasteiger partial charge on any atom is 0.232 e. The lowest BCUT2D eigenvalue weighted by Gasteiger charge is -2.19. The number of thioether (sulfide) groups is 1. The van der Waals surface area contributed by atoms with Crippen LogP contribution in [-0.4, -0.2) is 24.3 Å². The molecule has 140 valence electrons. The molecule has 2 aromatic carbocycles. The lowest BCUT2D eigenvalue weighted by molar-refractivity contribution is -0.120. The molecule has 1 N–H and O–H groups in total. The van der Waals surface area contributed by atoms with E-state index in [1.165, 1.54) is 11.1 Å². The van der Waals surface area contributed by atoms with Crippen molar-refractivity contribution in [3.05, 3.63) is 65.7 Å². The van der Waals surface area contributed by atoms with Crippen LogP contribution in [0.3, 0.4) is 0 Å². The van der Waals surface area contributed by atoms with Crippen LogP contribution in [0, 0.1) is 0 Å². The van der Waals surface area contributed by atoms with Gasteiger partial charge in [0.15, 0.2) is 0 Å². The van der Waals surface area contributed by atoms with E-state index in [9.17, 15) is 4.79 Å². The number of hydrogen-bond acceptors (Lipinski definition) is 3. The van der Waals surface area contributed by atoms with Crippen LogP contribution in [-0.2, 0) is 16.0 Å². The number of hydrogen-bond donors (Lipinski definition) is 1. The Kier molecular flexibility index (Phi) is 7.58. The number of benzene rings is 2. The highest BCUT2D eigenvalue weighted by Crippen LogP contribution is 2.24. The molecule has 0 aromatic heterocycles. The van der Waals surface area contributed by atoms with Gasteiger partial charge in [0.1, 0.15) is 12.4 Å². The van der Waals surface area contributed by atoms with Gasteiger partial charge in [0.2, 0.25) is 5.91 Å². The first-order chi connectivity index (χ1) is 12.4. The summed E-state index contributed by atoms with van der Waals surface area (Å²) < 4.78 is 5.71. The first kappa shape index (κ1) is 20.4. The van der Waals surface area contributed by atoms with Gasteiger partial charge in [-0.2, -0.15) is 0 Å². The lowest BCUT2D eigenvalue weighted by Crippen LogP contribution is -2.34. The molecule has 0 saturated heterocycles. The van der Waals surface area contributed by atoms with E-state index in [-0.39, 0.29) is 16.6 Å². The third-order valence-electron chi connectivity index (χ3n) is 4.10. The molecule has 0 aliphatic rings. The maximum atomic E-state index is 12.1. The van der Waals surface area contributed by atoms with E-state index in [0.717, 1.165) is 11.5 Å². The minimum Gasteiger partial charge on any atom is -0.492 e. The number of carbonyl (C=O) groups is 1. The Hall–Kier alpha value is -1.94. The fraction of sp³-hybridized carbons (Fsp3) is 0.409. The van der Waals surface area contributed by atoms with Gasteiger partial charge in [-0.15, -0.1) is 11.8 Å². The molecule has 3 nitrogen and oxygen atoms in total. The van der Waals surface area contributed by atoms with Crippen molar-refractivity contribution in [1.82, 2.24) is 5.32 Å². The maximum absolute atomic E-state index is 12.1. The van der Waals surface area contributed by atoms with Crippen molar-refractivity contribution in [2.24, 2.45) is 0 Å². The van der Waals surface area contributed by atoms with Crippen LogP contribution in [0.25, 0.3) is 0 Å². The van der Waals surface area contributed by atoms with Crippen molar-refractivity contribution in [1.29, 1.82) is 0 Å². The summed E-state index contributed by atoms with van der Waals surface area (Å²) in [5, 5.41) is 2.86. The molecule has 2 aromatic rings. The fourth-order valence-electron chi connectivity index (χ4n) is 2.41. The van der Waals surface area contributed by atoms with Gasteiger partial charge in [-0.05, 0) is 35.6 Å². The number of nitrogens with one attached hydrogen (secondary N) is 1. The monoisotopic (exact) mass is 371 g/mol. The summed E-state index contributed by atoms with van der Waals surface area (Å²) in [6.45, 7) is 9.49. The van der Waals surface area contributed by atoms with Crippen molar-refractivity contribution < 1.29 is 9.53 Å². The molecular weight excluding hydrogens is 342 g/mol. The first-order valence-corrected chi connectivity index (χ1v) is 10.1. The Morgan fingerprint density at radius 2 is 1.73 bits per heavy atom. The molecular formula is C22H29NO2S. The van der Waals surface area contributed by atoms with Crippen LogP contribution in [0.1, 0.15) is 38.8 Å². The van der Waals surface area contributed by atoms with Gasteiger partial charge in [0.25, 0.3) is 0 Å². The predicted molar refractivity (Wildman–Crippen MR) is 111 cm³/mol. The van der Waals surface area contributed by atoms with Crippen LogP contribution in [0.5, 0.6) is 5.75 Å². The zero-order chi connectivity index (χ0) is 19.0. The summed E-state index contributed by atoms with van der Waals surface area (Å²) in [5.41, 5.74) is 2.65. The van der Waals surface area contributed by atoms with Crippen molar-refractivity contribution in [3.8, 4) is 5.75 Å². The Labute approximate surface area is 161 Å². The molecule has 0 heterocycles. The summed E-state index contributed by atoms with van der Waals surface area (Å²) >= 11 is 1.64. The van der Waals surface area contributed by atoms with E-state index in [2.05, 4.69) is 50.4 Å². The largest absolute Gasteiger partial charge is 0.492 e. The SMILES string of the molecule is C[C@@H](SCc1ccccc1)C(=O)NCCOc1ccc(C(C)(C)C)cc1. The molecule has 1 atom stereocenters. The molecule has 26 heavy (non-hydrogen) atoms. The van der Waals surface area contributed by atoms with E-state index < -0.39 is 0 Å². The second kappa shape index (κ2) is 9.67. The topological polar surface area (TPSA) is 38.3 Å². The molecule has 1 amide bonds. The molecule has 0 aliphatic carbocycles. The summed E-state index contributed by atoms with van der Waals surface area (Å²) in [5.74, 6) is 1.72. The Morgan fingerprint density at radius 1 is 1.08 bits per heavy atom. The Balaban J connectivity index is 1.66. The van der Waals surface area contributed by atoms with Crippen LogP contribution < -0.4 is 10.1 Å². The number of ether oxygens (including phenoxy) is 1. The summed E-state index contributed by atoms with van der Waals surface area (Å²) in [4.78, 5) is 12.1. The van der Waals surface area contributed by atoms with Crippen molar-refractivity contribution in [2.45, 2.75) is 44.1 Å². The molecule has 0 bridgehead atoms. The van der Waals surface area contributed by atoms with Crippen LogP contribution in [0.4, 0.5) is 0 Å². The highest BCUT2D eigenvalue weighted by atomic mass is 32.2. The molecule has 0 fully saturated rings. The number of rotatable bonds is 8. The molecule has 0 unspecified atom stereocenters. The normalized spacial score (nSPS) is 12.5. The first-order valence-electron chi connectivity index (χ1n) is 9.03. The third-order valence-corrected chi connectivity index (χ3v) is 5.32. The van der Waals surface area contributed by atoms with Crippen molar-refractivity contribution in [2.75, 3.05) is 13.2 Å². The average molecular weight is 372 g/mol. The molecule has 0 radical (unpaired) electrons. The quantitative estimate of drug-likeness (QED) is 0.677.